The van der Waals surface area contributed by atoms with E-state index in [0.29, 0.717) is 26.1 Å². The lowest BCUT2D eigenvalue weighted by Gasteiger charge is -2.09. The fourth-order valence-electron chi connectivity index (χ4n) is 3.24. The maximum atomic E-state index is 12.0. The molecule has 0 aliphatic rings. The van der Waals surface area contributed by atoms with Crippen LogP contribution in [-0.4, -0.2) is 38.4 Å². The Bertz CT molecular complexity index is 925. The summed E-state index contributed by atoms with van der Waals surface area (Å²) in [5, 5.41) is 0. The Kier molecular flexibility index (Phi) is 10.5. The number of hydrogen-bond donors (Lipinski definition) is 0. The quantitative estimate of drug-likeness (QED) is 0.253. The SMILES string of the molecule is O=C(CCc1cccc(CCC(=O)OCCOc2ccccc2)c1)OCCOc1ccccc1. The average molecular weight is 463 g/mol. The Balaban J connectivity index is 1.27. The van der Waals surface area contributed by atoms with Crippen LogP contribution in [0.4, 0.5) is 0 Å². The second-order valence-corrected chi connectivity index (χ2v) is 7.58. The number of hydrogen-bond acceptors (Lipinski definition) is 6. The maximum Gasteiger partial charge on any atom is 0.306 e. The molecule has 0 spiro atoms. The van der Waals surface area contributed by atoms with Crippen molar-refractivity contribution in [3.8, 4) is 11.5 Å². The van der Waals surface area contributed by atoms with Gasteiger partial charge in [-0.1, -0.05) is 60.7 Å². The first kappa shape index (κ1) is 24.8. The third kappa shape index (κ3) is 9.77. The normalized spacial score (nSPS) is 10.4. The Morgan fingerprint density at radius 2 is 0.971 bits per heavy atom. The van der Waals surface area contributed by atoms with Crippen LogP contribution in [0.1, 0.15) is 24.0 Å². The van der Waals surface area contributed by atoms with Crippen molar-refractivity contribution in [3.63, 3.8) is 0 Å². The number of rotatable bonds is 14. The molecule has 0 aliphatic heterocycles. The highest BCUT2D eigenvalue weighted by Crippen LogP contribution is 2.12. The molecule has 3 aromatic carbocycles. The van der Waals surface area contributed by atoms with Crippen molar-refractivity contribution in [1.29, 1.82) is 0 Å². The standard InChI is InChI=1S/C28H30O6/c29-27(33-20-18-31-25-10-3-1-4-11-25)16-14-23-8-7-9-24(22-23)15-17-28(30)34-21-19-32-26-12-5-2-6-13-26/h1-13,22H,14-21H2. The van der Waals surface area contributed by atoms with Gasteiger partial charge in [-0.05, 0) is 48.2 Å². The van der Waals surface area contributed by atoms with Gasteiger partial charge in [0.15, 0.2) is 0 Å². The summed E-state index contributed by atoms with van der Waals surface area (Å²) in [4.78, 5) is 24.0. The second kappa shape index (κ2) is 14.4. The molecule has 0 aromatic heterocycles. The van der Waals surface area contributed by atoms with E-state index < -0.39 is 0 Å². The molecule has 178 valence electrons. The van der Waals surface area contributed by atoms with Crippen molar-refractivity contribution in [1.82, 2.24) is 0 Å². The van der Waals surface area contributed by atoms with Gasteiger partial charge < -0.3 is 18.9 Å². The number of carbonyl (C=O) groups excluding carboxylic acids is 2. The lowest BCUT2D eigenvalue weighted by Crippen LogP contribution is -2.13. The van der Waals surface area contributed by atoms with Crippen LogP contribution in [0.15, 0.2) is 84.9 Å². The van der Waals surface area contributed by atoms with E-state index in [2.05, 4.69) is 0 Å². The molecule has 3 rings (SSSR count). The number of carbonyl (C=O) groups is 2. The van der Waals surface area contributed by atoms with Gasteiger partial charge in [0.1, 0.15) is 37.9 Å². The highest BCUT2D eigenvalue weighted by molar-refractivity contribution is 5.70. The molecule has 0 saturated heterocycles. The van der Waals surface area contributed by atoms with Crippen molar-refractivity contribution >= 4 is 11.9 Å². The van der Waals surface area contributed by atoms with Gasteiger partial charge in [0.2, 0.25) is 0 Å². The summed E-state index contributed by atoms with van der Waals surface area (Å²) in [6, 6.07) is 26.7. The summed E-state index contributed by atoms with van der Waals surface area (Å²) in [6.45, 7) is 1.07. The Labute approximate surface area is 200 Å². The summed E-state index contributed by atoms with van der Waals surface area (Å²) in [5.41, 5.74) is 2.05. The molecule has 0 amide bonds. The maximum absolute atomic E-state index is 12.0. The molecule has 0 aliphatic carbocycles. The molecule has 34 heavy (non-hydrogen) atoms. The summed E-state index contributed by atoms with van der Waals surface area (Å²) < 4.78 is 21.5. The van der Waals surface area contributed by atoms with Gasteiger partial charge in [0.25, 0.3) is 0 Å². The zero-order valence-corrected chi connectivity index (χ0v) is 19.2. The Hall–Kier alpha value is -3.80. The van der Waals surface area contributed by atoms with E-state index in [4.69, 9.17) is 18.9 Å². The first-order chi connectivity index (χ1) is 16.7. The molecule has 0 N–H and O–H groups in total. The van der Waals surface area contributed by atoms with Crippen molar-refractivity contribution in [2.75, 3.05) is 26.4 Å². The van der Waals surface area contributed by atoms with E-state index in [1.807, 2.05) is 84.9 Å². The molecule has 0 bridgehead atoms. The van der Waals surface area contributed by atoms with E-state index in [0.717, 1.165) is 22.6 Å². The molecule has 0 atom stereocenters. The second-order valence-electron chi connectivity index (χ2n) is 7.58. The third-order valence-electron chi connectivity index (χ3n) is 4.94. The van der Waals surface area contributed by atoms with E-state index in [1.165, 1.54) is 0 Å². The molecule has 6 heteroatoms. The van der Waals surface area contributed by atoms with Gasteiger partial charge in [-0.2, -0.15) is 0 Å². The number of para-hydroxylation sites is 2. The average Bonchev–Trinajstić information content (AvgIpc) is 2.88. The van der Waals surface area contributed by atoms with Gasteiger partial charge in [-0.3, -0.25) is 9.59 Å². The lowest BCUT2D eigenvalue weighted by molar-refractivity contribution is -0.145. The van der Waals surface area contributed by atoms with Crippen LogP contribution in [0, 0.1) is 0 Å². The third-order valence-corrected chi connectivity index (χ3v) is 4.94. The molecule has 0 fully saturated rings. The van der Waals surface area contributed by atoms with E-state index in [-0.39, 0.29) is 38.0 Å². The number of aryl methyl sites for hydroxylation is 2. The van der Waals surface area contributed by atoms with Gasteiger partial charge in [-0.15, -0.1) is 0 Å². The largest absolute Gasteiger partial charge is 0.490 e. The highest BCUT2D eigenvalue weighted by Gasteiger charge is 2.07. The van der Waals surface area contributed by atoms with Crippen molar-refractivity contribution < 1.29 is 28.5 Å². The fourth-order valence-corrected chi connectivity index (χ4v) is 3.24. The molecule has 6 nitrogen and oxygen atoms in total. The number of benzene rings is 3. The summed E-state index contributed by atoms with van der Waals surface area (Å²) in [5.74, 6) is 0.978. The molecule has 0 saturated carbocycles. The van der Waals surface area contributed by atoms with Crippen molar-refractivity contribution in [2.24, 2.45) is 0 Å². The highest BCUT2D eigenvalue weighted by atomic mass is 16.6. The van der Waals surface area contributed by atoms with Crippen LogP contribution in [0.2, 0.25) is 0 Å². The first-order valence-electron chi connectivity index (χ1n) is 11.4. The van der Waals surface area contributed by atoms with E-state index >= 15 is 0 Å². The fraction of sp³-hybridized carbons (Fsp3) is 0.286. The zero-order chi connectivity index (χ0) is 23.8. The predicted octanol–water partition coefficient (Wildman–Crippen LogP) is 4.80. The van der Waals surface area contributed by atoms with Crippen LogP contribution >= 0.6 is 0 Å². The van der Waals surface area contributed by atoms with Crippen LogP contribution in [0.3, 0.4) is 0 Å². The predicted molar refractivity (Wildman–Crippen MR) is 129 cm³/mol. The van der Waals surface area contributed by atoms with Gasteiger partial charge >= 0.3 is 11.9 Å². The van der Waals surface area contributed by atoms with Crippen LogP contribution < -0.4 is 9.47 Å². The van der Waals surface area contributed by atoms with Gasteiger partial charge in [0, 0.05) is 12.8 Å². The smallest absolute Gasteiger partial charge is 0.306 e. The van der Waals surface area contributed by atoms with Crippen LogP contribution in [-0.2, 0) is 31.9 Å². The summed E-state index contributed by atoms with van der Waals surface area (Å²) in [7, 11) is 0. The minimum absolute atomic E-state index is 0.215. The molecular formula is C28H30O6. The van der Waals surface area contributed by atoms with E-state index in [9.17, 15) is 9.59 Å². The summed E-state index contributed by atoms with van der Waals surface area (Å²) >= 11 is 0. The zero-order valence-electron chi connectivity index (χ0n) is 19.2. The monoisotopic (exact) mass is 462 g/mol. The van der Waals surface area contributed by atoms with E-state index in [1.54, 1.807) is 0 Å². The van der Waals surface area contributed by atoms with Crippen molar-refractivity contribution in [2.45, 2.75) is 25.7 Å². The first-order valence-corrected chi connectivity index (χ1v) is 11.4. The molecule has 3 aromatic rings. The minimum atomic E-state index is -0.261. The molecule has 0 radical (unpaired) electrons. The lowest BCUT2D eigenvalue weighted by atomic mass is 10.0. The topological polar surface area (TPSA) is 71.1 Å². The van der Waals surface area contributed by atoms with Gasteiger partial charge in [0.05, 0.1) is 0 Å². The van der Waals surface area contributed by atoms with Crippen molar-refractivity contribution in [3.05, 3.63) is 96.1 Å². The molecule has 0 unspecified atom stereocenters. The Morgan fingerprint density at radius 3 is 1.41 bits per heavy atom. The number of esters is 2. The Morgan fingerprint density at radius 1 is 0.529 bits per heavy atom. The van der Waals surface area contributed by atoms with Crippen LogP contribution in [0.5, 0.6) is 11.5 Å². The molecular weight excluding hydrogens is 432 g/mol. The van der Waals surface area contributed by atoms with Crippen LogP contribution in [0.25, 0.3) is 0 Å². The molecule has 0 heterocycles. The minimum Gasteiger partial charge on any atom is -0.490 e. The van der Waals surface area contributed by atoms with Gasteiger partial charge in [-0.25, -0.2) is 0 Å². The number of ether oxygens (including phenoxy) is 4. The summed E-state index contributed by atoms with van der Waals surface area (Å²) in [6.07, 6.45) is 1.73.